The predicted octanol–water partition coefficient (Wildman–Crippen LogP) is 5.96. The molecule has 0 spiro atoms. The minimum Gasteiger partial charge on any atom is -0.460 e. The van der Waals surface area contributed by atoms with Crippen molar-refractivity contribution < 1.29 is 23.8 Å². The number of hydrogen-bond donors (Lipinski definition) is 0. The van der Waals surface area contributed by atoms with Crippen LogP contribution in [-0.4, -0.2) is 31.3 Å². The van der Waals surface area contributed by atoms with Crippen LogP contribution < -0.4 is 4.74 Å². The van der Waals surface area contributed by atoms with Gasteiger partial charge in [0.2, 0.25) is 0 Å². The van der Waals surface area contributed by atoms with E-state index in [-0.39, 0.29) is 24.0 Å². The van der Waals surface area contributed by atoms with Crippen LogP contribution in [0.2, 0.25) is 0 Å². The number of epoxide rings is 1. The Balaban J connectivity index is 1.17. The second-order valence-corrected chi connectivity index (χ2v) is 10.1. The fourth-order valence-electron chi connectivity index (χ4n) is 5.58. The van der Waals surface area contributed by atoms with E-state index in [1.54, 1.807) is 18.2 Å². The predicted molar refractivity (Wildman–Crippen MR) is 128 cm³/mol. The first-order valence-electron chi connectivity index (χ1n) is 12.9. The average molecular weight is 455 g/mol. The van der Waals surface area contributed by atoms with E-state index in [0.29, 0.717) is 19.0 Å². The Morgan fingerprint density at radius 1 is 0.970 bits per heavy atom. The molecule has 0 N–H and O–H groups in total. The van der Waals surface area contributed by atoms with Crippen LogP contribution in [0.1, 0.15) is 76.7 Å². The number of rotatable bonds is 9. The molecule has 5 heteroatoms. The molecule has 5 nitrogen and oxygen atoms in total. The number of benzene rings is 1. The van der Waals surface area contributed by atoms with Crippen LogP contribution >= 0.6 is 0 Å². The third-order valence-electron chi connectivity index (χ3n) is 7.68. The maximum Gasteiger partial charge on any atom is 0.330 e. The lowest BCUT2D eigenvalue weighted by molar-refractivity contribution is -0.140. The second kappa shape index (κ2) is 11.8. The fourth-order valence-corrected chi connectivity index (χ4v) is 5.58. The first-order chi connectivity index (χ1) is 16.1. The number of carbonyl (C=O) groups excluding carboxylic acids is 2. The van der Waals surface area contributed by atoms with Crippen LogP contribution in [0.15, 0.2) is 30.3 Å². The van der Waals surface area contributed by atoms with Gasteiger partial charge in [0.15, 0.2) is 0 Å². The average Bonchev–Trinajstić information content (AvgIpc) is 3.68. The molecule has 1 heterocycles. The molecule has 1 aromatic rings. The summed E-state index contributed by atoms with van der Waals surface area (Å²) < 4.78 is 15.7. The van der Waals surface area contributed by atoms with Crippen LogP contribution in [0.4, 0.5) is 0 Å². The summed E-state index contributed by atoms with van der Waals surface area (Å²) in [6.45, 7) is 3.27. The summed E-state index contributed by atoms with van der Waals surface area (Å²) in [5.41, 5.74) is 0.851. The molecule has 1 saturated heterocycles. The summed E-state index contributed by atoms with van der Waals surface area (Å²) in [5.74, 6) is 2.71. The molecule has 3 fully saturated rings. The highest BCUT2D eigenvalue weighted by atomic mass is 16.6. The minimum atomic E-state index is -0.384. The summed E-state index contributed by atoms with van der Waals surface area (Å²) in [4.78, 5) is 24.4. The smallest absolute Gasteiger partial charge is 0.330 e. The number of esters is 2. The Hall–Kier alpha value is -2.14. The monoisotopic (exact) mass is 454 g/mol. The summed E-state index contributed by atoms with van der Waals surface area (Å²) in [5, 5.41) is 0. The zero-order valence-corrected chi connectivity index (χ0v) is 19.9. The molecule has 0 radical (unpaired) electrons. The van der Waals surface area contributed by atoms with Crippen molar-refractivity contribution in [1.82, 2.24) is 0 Å². The van der Waals surface area contributed by atoms with Crippen LogP contribution in [0.3, 0.4) is 0 Å². The Morgan fingerprint density at radius 3 is 2.21 bits per heavy atom. The minimum absolute atomic E-state index is 0.0162. The highest BCUT2D eigenvalue weighted by Gasteiger charge is 2.33. The summed E-state index contributed by atoms with van der Waals surface area (Å²) in [6, 6.07) is 7.23. The van der Waals surface area contributed by atoms with Gasteiger partial charge in [-0.05, 0) is 80.1 Å². The van der Waals surface area contributed by atoms with Crippen LogP contribution in [0.5, 0.6) is 5.75 Å². The third kappa shape index (κ3) is 7.43. The first kappa shape index (κ1) is 24.0. The Kier molecular flexibility index (Phi) is 8.60. The molecule has 1 atom stereocenters. The van der Waals surface area contributed by atoms with Gasteiger partial charge in [-0.3, -0.25) is 4.79 Å². The molecule has 1 unspecified atom stereocenters. The zero-order chi connectivity index (χ0) is 23.0. The van der Waals surface area contributed by atoms with E-state index < -0.39 is 0 Å². The number of ether oxygens (including phenoxy) is 3. The van der Waals surface area contributed by atoms with E-state index in [4.69, 9.17) is 14.2 Å². The van der Waals surface area contributed by atoms with Crippen LogP contribution in [0, 0.1) is 23.7 Å². The van der Waals surface area contributed by atoms with Crippen molar-refractivity contribution in [2.75, 3.05) is 13.2 Å². The molecule has 3 aliphatic rings. The molecule has 0 amide bonds. The second-order valence-electron chi connectivity index (χ2n) is 10.1. The van der Waals surface area contributed by atoms with Crippen molar-refractivity contribution in [3.8, 4) is 5.75 Å². The van der Waals surface area contributed by atoms with Gasteiger partial charge in [-0.25, -0.2) is 4.79 Å². The van der Waals surface area contributed by atoms with E-state index in [9.17, 15) is 9.59 Å². The van der Waals surface area contributed by atoms with E-state index in [0.717, 1.165) is 49.0 Å². The maximum atomic E-state index is 12.7. The van der Waals surface area contributed by atoms with E-state index in [1.807, 2.05) is 12.1 Å². The zero-order valence-electron chi connectivity index (χ0n) is 19.9. The van der Waals surface area contributed by atoms with E-state index in [1.165, 1.54) is 44.6 Å². The molecule has 0 aromatic heterocycles. The van der Waals surface area contributed by atoms with Crippen molar-refractivity contribution in [3.05, 3.63) is 35.9 Å². The van der Waals surface area contributed by atoms with Gasteiger partial charge in [0, 0.05) is 6.08 Å². The molecular formula is C28H38O5. The van der Waals surface area contributed by atoms with E-state index >= 15 is 0 Å². The lowest BCUT2D eigenvalue weighted by Gasteiger charge is -2.37. The van der Waals surface area contributed by atoms with Gasteiger partial charge in [-0.15, -0.1) is 0 Å². The lowest BCUT2D eigenvalue weighted by Crippen LogP contribution is -2.30. The van der Waals surface area contributed by atoms with Gasteiger partial charge in [0.25, 0.3) is 0 Å². The Morgan fingerprint density at radius 2 is 1.61 bits per heavy atom. The summed E-state index contributed by atoms with van der Waals surface area (Å²) >= 11 is 0. The molecule has 2 aliphatic carbocycles. The topological polar surface area (TPSA) is 65.1 Å². The number of carbonyl (C=O) groups is 2. The van der Waals surface area contributed by atoms with E-state index in [2.05, 4.69) is 6.92 Å². The first-order valence-corrected chi connectivity index (χ1v) is 12.9. The van der Waals surface area contributed by atoms with Gasteiger partial charge in [-0.2, -0.15) is 0 Å². The molecule has 180 valence electrons. The highest BCUT2D eigenvalue weighted by Crippen LogP contribution is 2.42. The van der Waals surface area contributed by atoms with Gasteiger partial charge >= 0.3 is 11.9 Å². The van der Waals surface area contributed by atoms with Crippen molar-refractivity contribution in [2.24, 2.45) is 23.7 Å². The maximum absolute atomic E-state index is 12.7. The van der Waals surface area contributed by atoms with Gasteiger partial charge in [0.1, 0.15) is 18.5 Å². The fraction of sp³-hybridized carbons (Fsp3) is 0.643. The standard InChI is InChI=1S/C28H38O5/c1-2-3-20-4-9-22(10-5-20)23-11-13-24(14-12-23)28(30)33-25-15-6-21(7-16-25)8-17-27(29)32-19-26-18-31-26/h6-8,15-17,20,22-24,26H,2-5,9-14,18-19H2,1H3/b17-8+. The van der Waals surface area contributed by atoms with Gasteiger partial charge in [-0.1, -0.05) is 44.7 Å². The molecule has 1 aliphatic heterocycles. The highest BCUT2D eigenvalue weighted by molar-refractivity contribution is 5.87. The Bertz CT molecular complexity index is 794. The largest absolute Gasteiger partial charge is 0.460 e. The lowest BCUT2D eigenvalue weighted by atomic mass is 9.69. The van der Waals surface area contributed by atoms with Crippen molar-refractivity contribution in [1.29, 1.82) is 0 Å². The van der Waals surface area contributed by atoms with Crippen LogP contribution in [-0.2, 0) is 19.1 Å². The van der Waals surface area contributed by atoms with Crippen molar-refractivity contribution in [3.63, 3.8) is 0 Å². The third-order valence-corrected chi connectivity index (χ3v) is 7.68. The summed E-state index contributed by atoms with van der Waals surface area (Å²) in [7, 11) is 0. The van der Waals surface area contributed by atoms with Crippen LogP contribution in [0.25, 0.3) is 6.08 Å². The molecule has 4 rings (SSSR count). The summed E-state index contributed by atoms with van der Waals surface area (Å²) in [6.07, 6.45) is 15.7. The van der Waals surface area contributed by atoms with Crippen molar-refractivity contribution >= 4 is 18.0 Å². The normalized spacial score (nSPS) is 29.5. The molecule has 0 bridgehead atoms. The number of hydrogen-bond acceptors (Lipinski definition) is 5. The molecular weight excluding hydrogens is 416 g/mol. The van der Waals surface area contributed by atoms with Gasteiger partial charge in [0.05, 0.1) is 12.5 Å². The van der Waals surface area contributed by atoms with Crippen molar-refractivity contribution in [2.45, 2.75) is 77.2 Å². The quantitative estimate of drug-likeness (QED) is 0.199. The SMILES string of the molecule is CCCC1CCC(C2CCC(C(=O)Oc3ccc(/C=C/C(=O)OCC4CO4)cc3)CC2)CC1. The molecule has 2 saturated carbocycles. The Labute approximate surface area is 197 Å². The van der Waals surface area contributed by atoms with Gasteiger partial charge < -0.3 is 14.2 Å². The molecule has 33 heavy (non-hydrogen) atoms. The molecule has 1 aromatic carbocycles.